The van der Waals surface area contributed by atoms with E-state index in [-0.39, 0.29) is 33.1 Å². The predicted molar refractivity (Wildman–Crippen MR) is 125 cm³/mol. The number of Topliss-reactive ketones (excluding diaryl/α,β-unsaturated/α-hetero) is 2. The van der Waals surface area contributed by atoms with Crippen LogP contribution < -0.4 is 20.9 Å². The summed E-state index contributed by atoms with van der Waals surface area (Å²) in [6, 6.07) is 11.6. The van der Waals surface area contributed by atoms with Crippen molar-refractivity contribution in [2.45, 2.75) is 46.8 Å². The van der Waals surface area contributed by atoms with Crippen LogP contribution in [0.15, 0.2) is 42.5 Å². The van der Waals surface area contributed by atoms with Crippen LogP contribution in [0.5, 0.6) is 0 Å². The Morgan fingerprint density at radius 3 is 1.63 bits per heavy atom. The zero-order valence-electron chi connectivity index (χ0n) is 20.0. The van der Waals surface area contributed by atoms with Gasteiger partial charge in [-0.25, -0.2) is 9.59 Å². The van der Waals surface area contributed by atoms with Crippen molar-refractivity contribution >= 4 is 46.5 Å². The molecule has 0 saturated heterocycles. The van der Waals surface area contributed by atoms with Crippen molar-refractivity contribution in [1.29, 1.82) is 0 Å². The van der Waals surface area contributed by atoms with E-state index in [0.29, 0.717) is 10.4 Å². The molecule has 0 saturated carbocycles. The van der Waals surface area contributed by atoms with Gasteiger partial charge < -0.3 is 18.9 Å². The lowest BCUT2D eigenvalue weighted by atomic mass is 9.83. The van der Waals surface area contributed by atoms with E-state index in [4.69, 9.17) is 18.9 Å². The first-order chi connectivity index (χ1) is 16.6. The fraction of sp³-hybridized carbons (Fsp3) is 0.259. The Balaban J connectivity index is 2.04. The molecule has 4 rings (SSSR count). The number of carbonyl (C=O) groups is 4. The molecule has 0 N–H and O–H groups in total. The van der Waals surface area contributed by atoms with Crippen LogP contribution in [0.4, 0.5) is 9.59 Å². The van der Waals surface area contributed by atoms with E-state index in [1.165, 1.54) is 0 Å². The van der Waals surface area contributed by atoms with E-state index in [0.717, 1.165) is 5.56 Å². The topological polar surface area (TPSA) is 105 Å². The molecule has 2 aliphatic rings. The molecule has 0 amide bonds. The second kappa shape index (κ2) is 9.21. The molecule has 0 radical (unpaired) electrons. The third-order valence-electron chi connectivity index (χ3n) is 5.28. The molecule has 0 bridgehead atoms. The highest BCUT2D eigenvalue weighted by atomic mass is 16.7. The summed E-state index contributed by atoms with van der Waals surface area (Å²) in [5, 5.41) is 1.26. The number of carbonyl (C=O) groups excluding carboxylic acids is 4. The first-order valence-corrected chi connectivity index (χ1v) is 11.1. The minimum atomic E-state index is -1.03. The summed E-state index contributed by atoms with van der Waals surface area (Å²) >= 11 is 0. The molecule has 0 spiro atoms. The van der Waals surface area contributed by atoms with Gasteiger partial charge in [-0.2, -0.15) is 0 Å². The van der Waals surface area contributed by atoms with Gasteiger partial charge in [0.1, 0.15) is 0 Å². The van der Waals surface area contributed by atoms with Crippen LogP contribution in [0, 0.1) is 6.92 Å². The first-order valence-electron chi connectivity index (χ1n) is 11.1. The third kappa shape index (κ3) is 4.47. The van der Waals surface area contributed by atoms with Crippen molar-refractivity contribution in [3.63, 3.8) is 0 Å². The van der Waals surface area contributed by atoms with E-state index in [2.05, 4.69) is 0 Å². The largest absolute Gasteiger partial charge is 0.514 e. The van der Waals surface area contributed by atoms with Crippen molar-refractivity contribution in [2.75, 3.05) is 0 Å². The van der Waals surface area contributed by atoms with Crippen molar-refractivity contribution in [2.24, 2.45) is 0 Å². The molecular formula is C27H24O8. The number of hydrogen-bond acceptors (Lipinski definition) is 8. The van der Waals surface area contributed by atoms with Gasteiger partial charge in [0.05, 0.1) is 12.2 Å². The Kier molecular flexibility index (Phi) is 6.30. The normalized spacial score (nSPS) is 14.5. The maximum absolute atomic E-state index is 13.7. The minimum Gasteiger partial charge on any atom is -0.431 e. The summed E-state index contributed by atoms with van der Waals surface area (Å²) in [5.41, 5.74) is 0.892. The van der Waals surface area contributed by atoms with Gasteiger partial charge in [-0.15, -0.1) is 0 Å². The summed E-state index contributed by atoms with van der Waals surface area (Å²) in [7, 11) is 0. The lowest BCUT2D eigenvalue weighted by Gasteiger charge is -2.22. The van der Waals surface area contributed by atoms with Crippen LogP contribution in [0.3, 0.4) is 0 Å². The summed E-state index contributed by atoms with van der Waals surface area (Å²) in [4.78, 5) is 52.0. The number of ether oxygens (including phenoxy) is 4. The third-order valence-corrected chi connectivity index (χ3v) is 5.28. The number of hydrogen-bond donors (Lipinski definition) is 0. The van der Waals surface area contributed by atoms with Gasteiger partial charge in [-0.1, -0.05) is 42.0 Å². The molecule has 8 heteroatoms. The Labute approximate surface area is 200 Å². The molecule has 2 aliphatic carbocycles. The Bertz CT molecular complexity index is 1530. The van der Waals surface area contributed by atoms with Crippen molar-refractivity contribution in [3.05, 3.63) is 68.9 Å². The summed E-state index contributed by atoms with van der Waals surface area (Å²) < 4.78 is 20.9. The van der Waals surface area contributed by atoms with Crippen molar-refractivity contribution in [3.8, 4) is 0 Å². The molecule has 8 nitrogen and oxygen atoms in total. The van der Waals surface area contributed by atoms with Gasteiger partial charge in [0.15, 0.2) is 11.5 Å². The molecule has 180 valence electrons. The lowest BCUT2D eigenvalue weighted by Crippen LogP contribution is -2.48. The number of rotatable bonds is 4. The maximum atomic E-state index is 13.7. The zero-order chi connectivity index (χ0) is 25.4. The predicted octanol–water partition coefficient (Wildman–Crippen LogP) is 1.50. The van der Waals surface area contributed by atoms with Crippen molar-refractivity contribution in [1.82, 2.24) is 0 Å². The second-order valence-electron chi connectivity index (χ2n) is 8.70. The Hall–Kier alpha value is -4.20. The highest BCUT2D eigenvalue weighted by Crippen LogP contribution is 2.26. The number of ketones is 2. The average molecular weight is 476 g/mol. The molecule has 2 aromatic rings. The standard InChI is InChI=1S/C27H24O8/c1-13(2)32-26(30)34-24-18-9-7-6-8-16(18)20-21(22(24)28)17-11-10-15(5)12-19(17)25(23(20)29)35-27(31)33-14(3)4/h6-14H,1-5H3. The van der Waals surface area contributed by atoms with Crippen LogP contribution >= 0.6 is 0 Å². The van der Waals surface area contributed by atoms with Gasteiger partial charge in [-0.3, -0.25) is 9.59 Å². The van der Waals surface area contributed by atoms with E-state index < -0.39 is 36.1 Å². The maximum Gasteiger partial charge on any atom is 0.514 e. The summed E-state index contributed by atoms with van der Waals surface area (Å²) in [6.07, 6.45) is -2.96. The molecule has 0 aliphatic heterocycles. The minimum absolute atomic E-state index is 0.0545. The van der Waals surface area contributed by atoms with Crippen LogP contribution in [0.1, 0.15) is 33.3 Å². The van der Waals surface area contributed by atoms with Gasteiger partial charge in [0, 0.05) is 21.6 Å². The van der Waals surface area contributed by atoms with E-state index in [1.54, 1.807) is 77.1 Å². The van der Waals surface area contributed by atoms with Gasteiger partial charge in [-0.05, 0) is 51.1 Å². The molecule has 0 heterocycles. The molecule has 2 aromatic carbocycles. The van der Waals surface area contributed by atoms with Gasteiger partial charge in [0.2, 0.25) is 11.6 Å². The van der Waals surface area contributed by atoms with Crippen LogP contribution in [0.25, 0.3) is 22.7 Å². The summed E-state index contributed by atoms with van der Waals surface area (Å²) in [5.74, 6) is -1.78. The average Bonchev–Trinajstić information content (AvgIpc) is 2.77. The zero-order valence-corrected chi connectivity index (χ0v) is 20.0. The van der Waals surface area contributed by atoms with Gasteiger partial charge >= 0.3 is 12.3 Å². The summed E-state index contributed by atoms with van der Waals surface area (Å²) in [6.45, 7) is 8.43. The fourth-order valence-electron chi connectivity index (χ4n) is 3.98. The first kappa shape index (κ1) is 23.9. The smallest absolute Gasteiger partial charge is 0.431 e. The lowest BCUT2D eigenvalue weighted by molar-refractivity contribution is -0.112. The molecular weight excluding hydrogens is 452 g/mol. The van der Waals surface area contributed by atoms with E-state index in [1.807, 2.05) is 0 Å². The number of benzene rings is 2. The Morgan fingerprint density at radius 2 is 1.11 bits per heavy atom. The molecule has 0 aromatic heterocycles. The number of aryl methyl sites for hydroxylation is 1. The van der Waals surface area contributed by atoms with E-state index in [9.17, 15) is 19.2 Å². The fourth-order valence-corrected chi connectivity index (χ4v) is 3.98. The van der Waals surface area contributed by atoms with Crippen LogP contribution in [0.2, 0.25) is 0 Å². The molecule has 0 unspecified atom stereocenters. The SMILES string of the molecule is Cc1ccc2c(c1)=C(OC(=O)OC(C)C)C(=O)C1=c3ccccc3=C(OC(=O)OC(C)C)C(=O)C=21. The highest BCUT2D eigenvalue weighted by Gasteiger charge is 2.37. The second-order valence-corrected chi connectivity index (χ2v) is 8.70. The number of fused-ring (bicyclic) bond motifs is 3. The Morgan fingerprint density at radius 1 is 0.657 bits per heavy atom. The molecule has 0 fully saturated rings. The van der Waals surface area contributed by atoms with Crippen molar-refractivity contribution < 1.29 is 38.1 Å². The molecule has 0 atom stereocenters. The van der Waals surface area contributed by atoms with Crippen LogP contribution in [-0.4, -0.2) is 36.1 Å². The quantitative estimate of drug-likeness (QED) is 0.612. The van der Waals surface area contributed by atoms with E-state index >= 15 is 0 Å². The monoisotopic (exact) mass is 476 g/mol. The molecule has 35 heavy (non-hydrogen) atoms. The van der Waals surface area contributed by atoms with Crippen LogP contribution in [-0.2, 0) is 28.5 Å². The van der Waals surface area contributed by atoms with Gasteiger partial charge in [0.25, 0.3) is 0 Å². The highest BCUT2D eigenvalue weighted by molar-refractivity contribution is 6.58.